The van der Waals surface area contributed by atoms with Crippen molar-refractivity contribution in [3.8, 4) is 11.3 Å². The maximum atomic E-state index is 13.1. The molecule has 1 N–H and O–H groups in total. The Kier molecular flexibility index (Phi) is 5.32. The van der Waals surface area contributed by atoms with Crippen molar-refractivity contribution in [2.45, 2.75) is 13.8 Å². The Morgan fingerprint density at radius 1 is 0.909 bits per heavy atom. The molecule has 6 nitrogen and oxygen atoms in total. The summed E-state index contributed by atoms with van der Waals surface area (Å²) in [6.45, 7) is 4.12. The molecular weight excluding hydrogens is 432 g/mol. The van der Waals surface area contributed by atoms with Crippen molar-refractivity contribution in [2.75, 3.05) is 5.32 Å². The second-order valence-corrected chi connectivity index (χ2v) is 8.60. The first-order valence-electron chi connectivity index (χ1n) is 10.4. The number of ketones is 1. The van der Waals surface area contributed by atoms with Crippen LogP contribution in [0.15, 0.2) is 78.2 Å². The van der Waals surface area contributed by atoms with Crippen LogP contribution in [-0.4, -0.2) is 26.3 Å². The van der Waals surface area contributed by atoms with Gasteiger partial charge in [-0.2, -0.15) is 4.98 Å². The lowest BCUT2D eigenvalue weighted by Crippen LogP contribution is -2.17. The molecule has 7 heteroatoms. The average Bonchev–Trinajstić information content (AvgIpc) is 3.40. The Balaban J connectivity index is 1.45. The van der Waals surface area contributed by atoms with Crippen LogP contribution in [0.3, 0.4) is 0 Å². The molecular formula is C26H20N4O2S. The Bertz CT molecular complexity index is 1500. The second kappa shape index (κ2) is 8.44. The zero-order valence-corrected chi connectivity index (χ0v) is 18.9. The van der Waals surface area contributed by atoms with Crippen LogP contribution < -0.4 is 5.32 Å². The smallest absolute Gasteiger partial charge is 0.258 e. The van der Waals surface area contributed by atoms with Gasteiger partial charge in [0, 0.05) is 22.1 Å². The van der Waals surface area contributed by atoms with E-state index in [1.165, 1.54) is 16.9 Å². The molecule has 3 aromatic carbocycles. The van der Waals surface area contributed by atoms with Crippen LogP contribution >= 0.6 is 11.3 Å². The summed E-state index contributed by atoms with van der Waals surface area (Å²) in [6.07, 6.45) is 0. The molecule has 1 amide bonds. The first kappa shape index (κ1) is 20.8. The van der Waals surface area contributed by atoms with E-state index in [9.17, 15) is 9.59 Å². The summed E-state index contributed by atoms with van der Waals surface area (Å²) in [5.74, 6) is -0.446. The van der Waals surface area contributed by atoms with Gasteiger partial charge in [0.15, 0.2) is 5.78 Å². The monoisotopic (exact) mass is 452 g/mol. The third-order valence-electron chi connectivity index (χ3n) is 5.42. The van der Waals surface area contributed by atoms with Gasteiger partial charge in [-0.05, 0) is 25.5 Å². The maximum absolute atomic E-state index is 13.1. The van der Waals surface area contributed by atoms with E-state index in [0.29, 0.717) is 16.1 Å². The number of fused-ring (bicyclic) bond motifs is 1. The average molecular weight is 453 g/mol. The summed E-state index contributed by atoms with van der Waals surface area (Å²) in [6, 6.07) is 21.9. The van der Waals surface area contributed by atoms with E-state index >= 15 is 0 Å². The van der Waals surface area contributed by atoms with Gasteiger partial charge in [-0.15, -0.1) is 16.4 Å². The summed E-state index contributed by atoms with van der Waals surface area (Å²) < 4.78 is 1.74. The van der Waals surface area contributed by atoms with E-state index < -0.39 is 5.91 Å². The lowest BCUT2D eigenvalue weighted by atomic mass is 9.98. The molecule has 5 aromatic rings. The minimum Gasteiger partial charge on any atom is -0.289 e. The molecule has 0 aliphatic carbocycles. The number of benzene rings is 3. The van der Waals surface area contributed by atoms with E-state index in [0.717, 1.165) is 16.8 Å². The first-order chi connectivity index (χ1) is 16.0. The van der Waals surface area contributed by atoms with E-state index in [2.05, 4.69) is 47.4 Å². The molecule has 0 spiro atoms. The summed E-state index contributed by atoms with van der Waals surface area (Å²) in [4.78, 5) is 31.2. The molecule has 33 heavy (non-hydrogen) atoms. The lowest BCUT2D eigenvalue weighted by Gasteiger charge is -2.08. The van der Waals surface area contributed by atoms with Gasteiger partial charge in [0.2, 0.25) is 4.96 Å². The molecule has 0 saturated heterocycles. The number of aromatic nitrogens is 3. The quantitative estimate of drug-likeness (QED) is 0.354. The van der Waals surface area contributed by atoms with Crippen LogP contribution in [0, 0.1) is 13.8 Å². The SMILES string of the molecule is Cc1ccc(-c2csc3nc(NC(=O)c4ccccc4C(=O)c4ccccc4)nn23)c(C)c1. The van der Waals surface area contributed by atoms with E-state index in [1.807, 2.05) is 11.4 Å². The van der Waals surface area contributed by atoms with Gasteiger partial charge in [0.05, 0.1) is 11.3 Å². The Morgan fingerprint density at radius 3 is 2.39 bits per heavy atom. The number of thiazole rings is 1. The second-order valence-electron chi connectivity index (χ2n) is 7.76. The predicted octanol–water partition coefficient (Wildman–Crippen LogP) is 5.56. The minimum atomic E-state index is -0.429. The lowest BCUT2D eigenvalue weighted by molar-refractivity contribution is 0.0996. The van der Waals surface area contributed by atoms with Crippen LogP contribution in [0.4, 0.5) is 5.95 Å². The summed E-state index contributed by atoms with van der Waals surface area (Å²) in [5, 5.41) is 9.27. The first-order valence-corrected chi connectivity index (χ1v) is 11.3. The molecule has 0 saturated carbocycles. The van der Waals surface area contributed by atoms with Crippen LogP contribution in [0.2, 0.25) is 0 Å². The molecule has 5 rings (SSSR count). The fourth-order valence-electron chi connectivity index (χ4n) is 3.81. The van der Waals surface area contributed by atoms with Gasteiger partial charge in [-0.25, -0.2) is 4.52 Å². The number of hydrogen-bond acceptors (Lipinski definition) is 5. The number of carbonyl (C=O) groups excluding carboxylic acids is 2. The van der Waals surface area contributed by atoms with E-state index in [4.69, 9.17) is 0 Å². The highest BCUT2D eigenvalue weighted by molar-refractivity contribution is 7.15. The highest BCUT2D eigenvalue weighted by atomic mass is 32.1. The van der Waals surface area contributed by atoms with Crippen molar-refractivity contribution in [1.82, 2.24) is 14.6 Å². The zero-order chi connectivity index (χ0) is 22.9. The molecule has 162 valence electrons. The van der Waals surface area contributed by atoms with Crippen molar-refractivity contribution < 1.29 is 9.59 Å². The highest BCUT2D eigenvalue weighted by Gasteiger charge is 2.20. The Labute approximate surface area is 194 Å². The summed E-state index contributed by atoms with van der Waals surface area (Å²) in [7, 11) is 0. The van der Waals surface area contributed by atoms with Crippen LogP contribution in [-0.2, 0) is 0 Å². The fraction of sp³-hybridized carbons (Fsp3) is 0.0769. The van der Waals surface area contributed by atoms with Crippen LogP contribution in [0.1, 0.15) is 37.4 Å². The third kappa shape index (κ3) is 3.94. The number of hydrogen-bond donors (Lipinski definition) is 1. The molecule has 2 aromatic heterocycles. The molecule has 2 heterocycles. The van der Waals surface area contributed by atoms with Crippen molar-refractivity contribution in [3.63, 3.8) is 0 Å². The summed E-state index contributed by atoms with van der Waals surface area (Å²) >= 11 is 1.45. The van der Waals surface area contributed by atoms with Gasteiger partial charge in [-0.3, -0.25) is 14.9 Å². The van der Waals surface area contributed by atoms with Crippen LogP contribution in [0.5, 0.6) is 0 Å². The molecule has 0 aliphatic heterocycles. The number of rotatable bonds is 5. The number of nitrogens with zero attached hydrogens (tertiary/aromatic N) is 3. The Morgan fingerprint density at radius 2 is 1.64 bits per heavy atom. The molecule has 0 aliphatic rings. The van der Waals surface area contributed by atoms with Crippen molar-refractivity contribution in [2.24, 2.45) is 0 Å². The third-order valence-corrected chi connectivity index (χ3v) is 6.23. The number of anilines is 1. The van der Waals surface area contributed by atoms with Crippen LogP contribution in [0.25, 0.3) is 16.2 Å². The number of nitrogens with one attached hydrogen (secondary N) is 1. The minimum absolute atomic E-state index is 0.194. The number of carbonyl (C=O) groups is 2. The number of amides is 1. The van der Waals surface area contributed by atoms with Gasteiger partial charge >= 0.3 is 0 Å². The Hall–Kier alpha value is -4.10. The molecule has 0 bridgehead atoms. The standard InChI is InChI=1S/C26H20N4O2S/c1-16-12-13-19(17(2)14-16)22-15-33-26-28-25(29-30(22)26)27-24(32)21-11-7-6-10-20(21)23(31)18-8-4-3-5-9-18/h3-15H,1-2H3,(H,27,29,32). The summed E-state index contributed by atoms with van der Waals surface area (Å²) in [5.41, 5.74) is 5.45. The zero-order valence-electron chi connectivity index (χ0n) is 18.1. The van der Waals surface area contributed by atoms with Gasteiger partial charge < -0.3 is 0 Å². The van der Waals surface area contributed by atoms with E-state index in [-0.39, 0.29) is 17.3 Å². The van der Waals surface area contributed by atoms with Crippen molar-refractivity contribution in [1.29, 1.82) is 0 Å². The topological polar surface area (TPSA) is 76.4 Å². The van der Waals surface area contributed by atoms with E-state index in [1.54, 1.807) is 53.0 Å². The van der Waals surface area contributed by atoms with Gasteiger partial charge in [0.1, 0.15) is 0 Å². The molecule has 0 atom stereocenters. The molecule has 0 fully saturated rings. The van der Waals surface area contributed by atoms with Gasteiger partial charge in [0.25, 0.3) is 11.9 Å². The fourth-order valence-corrected chi connectivity index (χ4v) is 4.64. The largest absolute Gasteiger partial charge is 0.289 e. The van der Waals surface area contributed by atoms with Gasteiger partial charge in [-0.1, -0.05) is 72.3 Å². The molecule has 0 unspecified atom stereocenters. The predicted molar refractivity (Wildman–Crippen MR) is 130 cm³/mol. The number of aryl methyl sites for hydroxylation is 2. The maximum Gasteiger partial charge on any atom is 0.258 e. The van der Waals surface area contributed by atoms with Crippen molar-refractivity contribution >= 4 is 33.9 Å². The van der Waals surface area contributed by atoms with Crippen molar-refractivity contribution in [3.05, 3.63) is 106 Å². The molecule has 0 radical (unpaired) electrons. The highest BCUT2D eigenvalue weighted by Crippen LogP contribution is 2.29. The normalized spacial score (nSPS) is 11.0.